The lowest BCUT2D eigenvalue weighted by Gasteiger charge is -2.26. The molecule has 2 aliphatic rings. The van der Waals surface area contributed by atoms with Gasteiger partial charge in [-0.05, 0) is 68.3 Å². The van der Waals surface area contributed by atoms with Crippen molar-refractivity contribution in [3.8, 4) is 17.2 Å². The number of anilines is 1. The molecule has 10 heteroatoms. The molecule has 5 rings (SSSR count). The molecule has 1 aromatic heterocycles. The summed E-state index contributed by atoms with van der Waals surface area (Å²) in [6.45, 7) is 5.40. The minimum atomic E-state index is -1.03. The van der Waals surface area contributed by atoms with Crippen LogP contribution in [0.25, 0.3) is 11.8 Å². The SMILES string of the molecule is Cc1c(C(=O)O)cccc1-n1c(C)cc(/C=C2\C(=O)NC(=O)N(c3ccc4c(c3)OCO4)C2=O)c1C. The van der Waals surface area contributed by atoms with Gasteiger partial charge in [0.25, 0.3) is 11.8 Å². The Balaban J connectivity index is 1.56. The summed E-state index contributed by atoms with van der Waals surface area (Å²) in [4.78, 5) is 51.0. The number of ether oxygens (including phenoxy) is 2. The monoisotopic (exact) mass is 487 g/mol. The summed E-state index contributed by atoms with van der Waals surface area (Å²) in [6, 6.07) is 10.5. The zero-order valence-corrected chi connectivity index (χ0v) is 19.6. The van der Waals surface area contributed by atoms with Crippen molar-refractivity contribution in [2.24, 2.45) is 0 Å². The van der Waals surface area contributed by atoms with Crippen LogP contribution < -0.4 is 19.7 Å². The quantitative estimate of drug-likeness (QED) is 0.426. The molecular weight excluding hydrogens is 466 g/mol. The number of aryl methyl sites for hydroxylation is 1. The van der Waals surface area contributed by atoms with Crippen LogP contribution in [0.4, 0.5) is 10.5 Å². The number of amides is 4. The van der Waals surface area contributed by atoms with Gasteiger partial charge in [-0.1, -0.05) is 6.07 Å². The highest BCUT2D eigenvalue weighted by Gasteiger charge is 2.37. The van der Waals surface area contributed by atoms with Crippen molar-refractivity contribution >= 4 is 35.6 Å². The molecule has 1 saturated heterocycles. The molecule has 0 saturated carbocycles. The molecule has 36 heavy (non-hydrogen) atoms. The fourth-order valence-electron chi connectivity index (χ4n) is 4.47. The third-order valence-corrected chi connectivity index (χ3v) is 6.26. The molecule has 2 aliphatic heterocycles. The van der Waals surface area contributed by atoms with Crippen LogP contribution >= 0.6 is 0 Å². The second kappa shape index (κ2) is 8.42. The van der Waals surface area contributed by atoms with E-state index in [9.17, 15) is 24.3 Å². The highest BCUT2D eigenvalue weighted by atomic mass is 16.7. The van der Waals surface area contributed by atoms with E-state index < -0.39 is 23.8 Å². The van der Waals surface area contributed by atoms with Gasteiger partial charge in [-0.15, -0.1) is 0 Å². The molecule has 0 spiro atoms. The van der Waals surface area contributed by atoms with Crippen molar-refractivity contribution < 1.29 is 33.8 Å². The Morgan fingerprint density at radius 1 is 1.03 bits per heavy atom. The number of hydrogen-bond donors (Lipinski definition) is 2. The van der Waals surface area contributed by atoms with E-state index in [2.05, 4.69) is 5.32 Å². The molecular formula is C26H21N3O7. The number of barbiturate groups is 1. The number of nitrogens with one attached hydrogen (secondary N) is 1. The predicted molar refractivity (Wildman–Crippen MR) is 129 cm³/mol. The number of hydrogen-bond acceptors (Lipinski definition) is 6. The van der Waals surface area contributed by atoms with Crippen molar-refractivity contribution in [1.82, 2.24) is 9.88 Å². The number of imide groups is 2. The zero-order chi connectivity index (χ0) is 25.7. The van der Waals surface area contributed by atoms with Gasteiger partial charge >= 0.3 is 12.0 Å². The van der Waals surface area contributed by atoms with Crippen LogP contribution in [0.15, 0.2) is 48.0 Å². The van der Waals surface area contributed by atoms with Crippen molar-refractivity contribution in [2.75, 3.05) is 11.7 Å². The van der Waals surface area contributed by atoms with Crippen LogP contribution in [0.5, 0.6) is 11.5 Å². The Morgan fingerprint density at radius 3 is 2.53 bits per heavy atom. The average molecular weight is 487 g/mol. The normalized spacial score (nSPS) is 16.0. The van der Waals surface area contributed by atoms with Crippen LogP contribution in [0.2, 0.25) is 0 Å². The lowest BCUT2D eigenvalue weighted by Crippen LogP contribution is -2.54. The van der Waals surface area contributed by atoms with Gasteiger partial charge in [-0.25, -0.2) is 14.5 Å². The number of aromatic carboxylic acids is 1. The average Bonchev–Trinajstić information content (AvgIpc) is 3.40. The molecule has 0 atom stereocenters. The number of carboxylic acids is 1. The van der Waals surface area contributed by atoms with Gasteiger partial charge < -0.3 is 19.1 Å². The number of carbonyl (C=O) groups excluding carboxylic acids is 3. The molecule has 2 N–H and O–H groups in total. The minimum Gasteiger partial charge on any atom is -0.478 e. The van der Waals surface area contributed by atoms with E-state index in [-0.39, 0.29) is 23.6 Å². The highest BCUT2D eigenvalue weighted by molar-refractivity contribution is 6.39. The number of nitrogens with zero attached hydrogens (tertiary/aromatic N) is 2. The molecule has 0 radical (unpaired) electrons. The maximum absolute atomic E-state index is 13.3. The summed E-state index contributed by atoms with van der Waals surface area (Å²) < 4.78 is 12.5. The van der Waals surface area contributed by atoms with Gasteiger partial charge in [0, 0.05) is 23.1 Å². The largest absolute Gasteiger partial charge is 0.478 e. The topological polar surface area (TPSA) is 127 Å². The summed E-state index contributed by atoms with van der Waals surface area (Å²) in [6.07, 6.45) is 1.43. The van der Waals surface area contributed by atoms with Crippen molar-refractivity contribution in [2.45, 2.75) is 20.8 Å². The second-order valence-corrected chi connectivity index (χ2v) is 8.41. The second-order valence-electron chi connectivity index (χ2n) is 8.41. The number of rotatable bonds is 4. The van der Waals surface area contributed by atoms with Crippen LogP contribution in [-0.2, 0) is 9.59 Å². The Bertz CT molecular complexity index is 1520. The van der Waals surface area contributed by atoms with Crippen LogP contribution in [0, 0.1) is 20.8 Å². The fourth-order valence-corrected chi connectivity index (χ4v) is 4.47. The van der Waals surface area contributed by atoms with Gasteiger partial charge in [-0.3, -0.25) is 14.9 Å². The van der Waals surface area contributed by atoms with Crippen molar-refractivity contribution in [3.63, 3.8) is 0 Å². The number of urea groups is 1. The van der Waals surface area contributed by atoms with E-state index >= 15 is 0 Å². The molecule has 1 fully saturated rings. The fraction of sp³-hybridized carbons (Fsp3) is 0.154. The van der Waals surface area contributed by atoms with Gasteiger partial charge in [0.2, 0.25) is 6.79 Å². The first kappa shape index (κ1) is 22.9. The summed E-state index contributed by atoms with van der Waals surface area (Å²) in [5, 5.41) is 11.7. The summed E-state index contributed by atoms with van der Waals surface area (Å²) in [5.74, 6) is -1.74. The van der Waals surface area contributed by atoms with Crippen molar-refractivity contribution in [3.05, 3.63) is 76.1 Å². The van der Waals surface area contributed by atoms with Gasteiger partial charge in [0.05, 0.1) is 11.3 Å². The molecule has 10 nitrogen and oxygen atoms in total. The minimum absolute atomic E-state index is 0.0348. The smallest absolute Gasteiger partial charge is 0.336 e. The van der Waals surface area contributed by atoms with E-state index in [1.54, 1.807) is 38.1 Å². The Hall–Kier alpha value is -4.86. The zero-order valence-electron chi connectivity index (χ0n) is 19.6. The van der Waals surface area contributed by atoms with Crippen LogP contribution in [-0.4, -0.2) is 40.3 Å². The van der Waals surface area contributed by atoms with Gasteiger partial charge in [-0.2, -0.15) is 0 Å². The standard InChI is InChI=1S/C26H21N3O7/c1-13-9-16(15(3)28(13)20-6-4-5-18(14(20)2)25(32)33)10-19-23(30)27-26(34)29(24(19)31)17-7-8-21-22(11-17)36-12-35-21/h4-11H,12H2,1-3H3,(H,32,33)(H,27,30,34)/b19-10+. The van der Waals surface area contributed by atoms with Crippen LogP contribution in [0.1, 0.15) is 32.9 Å². The lowest BCUT2D eigenvalue weighted by molar-refractivity contribution is -0.122. The van der Waals surface area contributed by atoms with E-state index in [1.165, 1.54) is 24.3 Å². The maximum atomic E-state index is 13.3. The summed E-state index contributed by atoms with van der Waals surface area (Å²) in [7, 11) is 0. The van der Waals surface area contributed by atoms with E-state index in [4.69, 9.17) is 9.47 Å². The molecule has 0 bridgehead atoms. The molecule has 3 aromatic rings. The first-order valence-electron chi connectivity index (χ1n) is 11.0. The van der Waals surface area contributed by atoms with E-state index in [0.29, 0.717) is 34.0 Å². The summed E-state index contributed by atoms with van der Waals surface area (Å²) in [5.41, 5.74) is 3.49. The Morgan fingerprint density at radius 2 is 1.78 bits per heavy atom. The Kier molecular flexibility index (Phi) is 5.36. The number of fused-ring (bicyclic) bond motifs is 1. The molecule has 3 heterocycles. The predicted octanol–water partition coefficient (Wildman–Crippen LogP) is 3.50. The van der Waals surface area contributed by atoms with Gasteiger partial charge in [0.15, 0.2) is 11.5 Å². The number of aromatic nitrogens is 1. The van der Waals surface area contributed by atoms with Crippen LogP contribution in [0.3, 0.4) is 0 Å². The Labute approximate surface area is 205 Å². The van der Waals surface area contributed by atoms with E-state index in [1.807, 2.05) is 11.5 Å². The molecule has 4 amide bonds. The van der Waals surface area contributed by atoms with Gasteiger partial charge in [0.1, 0.15) is 5.57 Å². The lowest BCUT2D eigenvalue weighted by atomic mass is 10.1. The first-order valence-corrected chi connectivity index (χ1v) is 11.0. The molecule has 0 aliphatic carbocycles. The van der Waals surface area contributed by atoms with Crippen molar-refractivity contribution in [1.29, 1.82) is 0 Å². The third kappa shape index (κ3) is 3.59. The highest BCUT2D eigenvalue weighted by Crippen LogP contribution is 2.36. The molecule has 182 valence electrons. The third-order valence-electron chi connectivity index (χ3n) is 6.26. The summed E-state index contributed by atoms with van der Waals surface area (Å²) >= 11 is 0. The van der Waals surface area contributed by atoms with E-state index in [0.717, 1.165) is 10.6 Å². The molecule has 0 unspecified atom stereocenters. The number of carboxylic acid groups (broad SMARTS) is 1. The number of benzene rings is 2. The first-order chi connectivity index (χ1) is 17.2. The molecule has 2 aromatic carbocycles. The number of carbonyl (C=O) groups is 4. The maximum Gasteiger partial charge on any atom is 0.336 e.